The number of hydrogen-bond donors (Lipinski definition) is 1. The molecular weight excluding hydrogens is 483 g/mol. The Morgan fingerprint density at radius 3 is 2.51 bits per heavy atom. The Hall–Kier alpha value is -3.95. The number of benzene rings is 2. The van der Waals surface area contributed by atoms with Gasteiger partial charge in [-0.25, -0.2) is 14.0 Å². The van der Waals surface area contributed by atoms with Gasteiger partial charge in [0.1, 0.15) is 18.5 Å². The molecule has 1 N–H and O–H groups in total. The number of nitrogens with zero attached hydrogens (tertiary/aromatic N) is 1. The SMILES string of the molecule is COC(=O)[C@@H](NC(=O)c1c(F)cccc1CC1CCCN1C(=O)OCc1ccccc1)[C@@H](C)OC(C)=O. The third-order valence-corrected chi connectivity index (χ3v) is 6.16. The minimum Gasteiger partial charge on any atom is -0.467 e. The molecule has 1 aliphatic heterocycles. The summed E-state index contributed by atoms with van der Waals surface area (Å²) in [6, 6.07) is 11.9. The molecule has 0 spiro atoms. The number of ether oxygens (including phenoxy) is 3. The smallest absolute Gasteiger partial charge is 0.410 e. The van der Waals surface area contributed by atoms with Gasteiger partial charge in [-0.3, -0.25) is 9.59 Å². The van der Waals surface area contributed by atoms with Crippen molar-refractivity contribution in [3.8, 4) is 0 Å². The second-order valence-electron chi connectivity index (χ2n) is 8.80. The predicted molar refractivity (Wildman–Crippen MR) is 131 cm³/mol. The third kappa shape index (κ3) is 7.28. The van der Waals surface area contributed by atoms with Gasteiger partial charge in [0.25, 0.3) is 5.91 Å². The Morgan fingerprint density at radius 2 is 1.84 bits per heavy atom. The number of nitrogens with one attached hydrogen (secondary N) is 1. The van der Waals surface area contributed by atoms with Crippen LogP contribution < -0.4 is 5.32 Å². The topological polar surface area (TPSA) is 111 Å². The fourth-order valence-corrected chi connectivity index (χ4v) is 4.38. The molecule has 2 aromatic rings. The van der Waals surface area contributed by atoms with E-state index < -0.39 is 41.9 Å². The summed E-state index contributed by atoms with van der Waals surface area (Å²) in [6.45, 7) is 3.20. The van der Waals surface area contributed by atoms with E-state index in [4.69, 9.17) is 14.2 Å². The number of methoxy groups -OCH3 is 1. The number of carbonyl (C=O) groups excluding carboxylic acids is 4. The molecular formula is C27H31FN2O7. The van der Waals surface area contributed by atoms with Crippen LogP contribution in [0.4, 0.5) is 9.18 Å². The number of rotatable bonds is 9. The summed E-state index contributed by atoms with van der Waals surface area (Å²) in [6.07, 6.45) is 0.0885. The van der Waals surface area contributed by atoms with E-state index in [0.717, 1.165) is 25.2 Å². The molecule has 0 saturated carbocycles. The molecule has 0 radical (unpaired) electrons. The molecule has 37 heavy (non-hydrogen) atoms. The van der Waals surface area contributed by atoms with E-state index in [-0.39, 0.29) is 24.6 Å². The van der Waals surface area contributed by atoms with Gasteiger partial charge in [-0.2, -0.15) is 0 Å². The molecule has 0 aliphatic carbocycles. The Morgan fingerprint density at radius 1 is 1.11 bits per heavy atom. The van der Waals surface area contributed by atoms with Crippen molar-refractivity contribution in [1.82, 2.24) is 10.2 Å². The summed E-state index contributed by atoms with van der Waals surface area (Å²) in [7, 11) is 1.13. The van der Waals surface area contributed by atoms with Crippen LogP contribution in [0, 0.1) is 5.82 Å². The first-order valence-corrected chi connectivity index (χ1v) is 12.0. The Balaban J connectivity index is 1.75. The number of likely N-dealkylation sites (tertiary alicyclic amines) is 1. The third-order valence-electron chi connectivity index (χ3n) is 6.16. The van der Waals surface area contributed by atoms with Gasteiger partial charge in [-0.1, -0.05) is 42.5 Å². The molecule has 198 valence electrons. The van der Waals surface area contributed by atoms with Crippen LogP contribution in [0.2, 0.25) is 0 Å². The summed E-state index contributed by atoms with van der Waals surface area (Å²) in [5.74, 6) is -3.14. The van der Waals surface area contributed by atoms with Crippen molar-refractivity contribution >= 4 is 23.9 Å². The normalized spacial score (nSPS) is 16.4. The van der Waals surface area contributed by atoms with Crippen LogP contribution in [0.5, 0.6) is 0 Å². The second-order valence-corrected chi connectivity index (χ2v) is 8.80. The molecule has 1 saturated heterocycles. The van der Waals surface area contributed by atoms with Crippen molar-refractivity contribution in [2.45, 2.75) is 57.9 Å². The lowest BCUT2D eigenvalue weighted by Gasteiger charge is -2.26. The van der Waals surface area contributed by atoms with E-state index in [0.29, 0.717) is 18.5 Å². The number of amides is 2. The van der Waals surface area contributed by atoms with E-state index in [2.05, 4.69) is 5.32 Å². The van der Waals surface area contributed by atoms with Gasteiger partial charge in [-0.15, -0.1) is 0 Å². The first kappa shape index (κ1) is 27.6. The van der Waals surface area contributed by atoms with Crippen LogP contribution >= 0.6 is 0 Å². The quantitative estimate of drug-likeness (QED) is 0.403. The van der Waals surface area contributed by atoms with Crippen LogP contribution in [0.3, 0.4) is 0 Å². The minimum absolute atomic E-state index is 0.131. The van der Waals surface area contributed by atoms with Gasteiger partial charge in [-0.05, 0) is 43.4 Å². The number of esters is 2. The van der Waals surface area contributed by atoms with E-state index in [9.17, 15) is 23.6 Å². The standard InChI is InChI=1S/C27H31FN2O7/c1-17(37-18(2)31)24(26(33)35-3)29-25(32)23-20(11-7-13-22(23)28)15-21-12-8-14-30(21)27(34)36-16-19-9-5-4-6-10-19/h4-7,9-11,13,17,21,24H,8,12,14-16H2,1-3H3,(H,29,32)/t17-,21?,24+/m1/s1. The van der Waals surface area contributed by atoms with Gasteiger partial charge >= 0.3 is 18.0 Å². The molecule has 0 aromatic heterocycles. The van der Waals surface area contributed by atoms with Gasteiger partial charge in [0, 0.05) is 19.5 Å². The highest BCUT2D eigenvalue weighted by Gasteiger charge is 2.34. The first-order chi connectivity index (χ1) is 17.7. The van der Waals surface area contributed by atoms with Gasteiger partial charge in [0.15, 0.2) is 6.04 Å². The molecule has 1 heterocycles. The average molecular weight is 515 g/mol. The zero-order valence-electron chi connectivity index (χ0n) is 21.1. The average Bonchev–Trinajstić information content (AvgIpc) is 3.33. The van der Waals surface area contributed by atoms with Gasteiger partial charge < -0.3 is 24.4 Å². The molecule has 10 heteroatoms. The largest absolute Gasteiger partial charge is 0.467 e. The maximum Gasteiger partial charge on any atom is 0.410 e. The highest BCUT2D eigenvalue weighted by atomic mass is 19.1. The molecule has 2 aromatic carbocycles. The first-order valence-electron chi connectivity index (χ1n) is 12.0. The predicted octanol–water partition coefficient (Wildman–Crippen LogP) is 3.39. The van der Waals surface area contributed by atoms with E-state index in [1.165, 1.54) is 19.9 Å². The lowest BCUT2D eigenvalue weighted by Crippen LogP contribution is -2.50. The Labute approximate surface area is 214 Å². The van der Waals surface area contributed by atoms with Crippen LogP contribution in [0.1, 0.15) is 48.2 Å². The summed E-state index contributed by atoms with van der Waals surface area (Å²) in [5.41, 5.74) is 0.976. The van der Waals surface area contributed by atoms with E-state index >= 15 is 0 Å². The maximum atomic E-state index is 14.9. The van der Waals surface area contributed by atoms with E-state index in [1.54, 1.807) is 11.0 Å². The Bertz CT molecular complexity index is 1120. The van der Waals surface area contributed by atoms with Gasteiger partial charge in [0.05, 0.1) is 12.7 Å². The number of halogens is 1. The monoisotopic (exact) mass is 514 g/mol. The molecule has 1 unspecified atom stereocenters. The zero-order chi connectivity index (χ0) is 26.9. The minimum atomic E-state index is -1.34. The molecule has 0 bridgehead atoms. The van der Waals surface area contributed by atoms with Crippen molar-refractivity contribution in [1.29, 1.82) is 0 Å². The number of hydrogen-bond acceptors (Lipinski definition) is 7. The summed E-state index contributed by atoms with van der Waals surface area (Å²) < 4.78 is 30.1. The molecule has 9 nitrogen and oxygen atoms in total. The highest BCUT2D eigenvalue weighted by molar-refractivity contribution is 5.98. The van der Waals surface area contributed by atoms with Crippen LogP contribution in [0.25, 0.3) is 0 Å². The van der Waals surface area contributed by atoms with Crippen molar-refractivity contribution in [2.24, 2.45) is 0 Å². The number of carbonyl (C=O) groups is 4. The van der Waals surface area contributed by atoms with Crippen molar-refractivity contribution in [3.63, 3.8) is 0 Å². The summed E-state index contributed by atoms with van der Waals surface area (Å²) >= 11 is 0. The molecule has 1 fully saturated rings. The maximum absolute atomic E-state index is 14.9. The lowest BCUT2D eigenvalue weighted by molar-refractivity contribution is -0.154. The van der Waals surface area contributed by atoms with Crippen LogP contribution in [-0.2, 0) is 36.8 Å². The second kappa shape index (κ2) is 12.8. The summed E-state index contributed by atoms with van der Waals surface area (Å²) in [4.78, 5) is 51.1. The highest BCUT2D eigenvalue weighted by Crippen LogP contribution is 2.25. The van der Waals surface area contributed by atoms with Crippen molar-refractivity contribution in [3.05, 3.63) is 71.0 Å². The molecule has 2 amide bonds. The van der Waals surface area contributed by atoms with Crippen molar-refractivity contribution < 1.29 is 37.8 Å². The van der Waals surface area contributed by atoms with Crippen LogP contribution in [-0.4, -0.2) is 60.7 Å². The summed E-state index contributed by atoms with van der Waals surface area (Å²) in [5, 5.41) is 2.43. The molecule has 1 aliphatic rings. The fraction of sp³-hybridized carbons (Fsp3) is 0.407. The lowest BCUT2D eigenvalue weighted by atomic mass is 9.97. The molecule has 3 atom stereocenters. The van der Waals surface area contributed by atoms with Crippen molar-refractivity contribution in [2.75, 3.05) is 13.7 Å². The van der Waals surface area contributed by atoms with Gasteiger partial charge in [0.2, 0.25) is 0 Å². The zero-order valence-corrected chi connectivity index (χ0v) is 21.1. The fourth-order valence-electron chi connectivity index (χ4n) is 4.38. The van der Waals surface area contributed by atoms with E-state index in [1.807, 2.05) is 30.3 Å². The Kier molecular flexibility index (Phi) is 9.59. The molecule has 3 rings (SSSR count). The van der Waals surface area contributed by atoms with Crippen LogP contribution in [0.15, 0.2) is 48.5 Å².